The van der Waals surface area contributed by atoms with E-state index in [0.29, 0.717) is 5.56 Å². The molecule has 0 N–H and O–H groups in total. The van der Waals surface area contributed by atoms with Gasteiger partial charge in [-0.3, -0.25) is 4.79 Å². The summed E-state index contributed by atoms with van der Waals surface area (Å²) >= 11 is 0. The number of likely N-dealkylation sites (N-methyl/N-ethyl adjacent to an activating group) is 1. The number of halogens is 1. The lowest BCUT2D eigenvalue weighted by Crippen LogP contribution is -2.31. The van der Waals surface area contributed by atoms with Crippen molar-refractivity contribution in [2.24, 2.45) is 0 Å². The first kappa shape index (κ1) is 16.3. The third-order valence-electron chi connectivity index (χ3n) is 3.07. The predicted molar refractivity (Wildman–Crippen MR) is 79.3 cm³/mol. The zero-order valence-electron chi connectivity index (χ0n) is 12.3. The van der Waals surface area contributed by atoms with Gasteiger partial charge in [-0.1, -0.05) is 18.2 Å². The Hall–Kier alpha value is -3.03. The zero-order chi connectivity index (χ0) is 16.8. The molecule has 1 aromatic heterocycles. The maximum Gasteiger partial charge on any atom is 0.406 e. The third kappa shape index (κ3) is 4.22. The first-order valence-electron chi connectivity index (χ1n) is 6.68. The molecule has 7 nitrogen and oxygen atoms in total. The van der Waals surface area contributed by atoms with Crippen LogP contribution in [0.4, 0.5) is 10.2 Å². The van der Waals surface area contributed by atoms with Crippen LogP contribution in [0.25, 0.3) is 0 Å². The first-order valence-corrected chi connectivity index (χ1v) is 6.68. The van der Waals surface area contributed by atoms with E-state index in [0.717, 1.165) is 0 Å². The quantitative estimate of drug-likeness (QED) is 0.601. The molecule has 23 heavy (non-hydrogen) atoms. The van der Waals surface area contributed by atoms with Crippen LogP contribution in [0.1, 0.15) is 5.56 Å². The summed E-state index contributed by atoms with van der Waals surface area (Å²) in [7, 11) is 1.50. The highest BCUT2D eigenvalue weighted by Gasteiger charge is 2.18. The lowest BCUT2D eigenvalue weighted by atomic mass is 10.2. The minimum absolute atomic E-state index is 0.0734. The second-order valence-electron chi connectivity index (χ2n) is 4.71. The number of rotatable bonds is 6. The molecule has 0 radical (unpaired) electrons. The lowest BCUT2D eigenvalue weighted by molar-refractivity contribution is -0.390. The molecule has 1 aromatic carbocycles. The molecule has 120 valence electrons. The molecule has 1 amide bonds. The highest BCUT2D eigenvalue weighted by Crippen LogP contribution is 2.22. The third-order valence-corrected chi connectivity index (χ3v) is 3.07. The van der Waals surface area contributed by atoms with Crippen molar-refractivity contribution < 1.29 is 18.8 Å². The number of pyridine rings is 1. The minimum Gasteiger partial charge on any atom is -0.476 e. The van der Waals surface area contributed by atoms with Gasteiger partial charge in [0.25, 0.3) is 5.91 Å². The molecular formula is C15H14FN3O4. The normalized spacial score (nSPS) is 10.2. The first-order chi connectivity index (χ1) is 11.0. The molecular weight excluding hydrogens is 305 g/mol. The highest BCUT2D eigenvalue weighted by atomic mass is 19.1. The summed E-state index contributed by atoms with van der Waals surface area (Å²) in [4.78, 5) is 27.0. The molecule has 0 saturated carbocycles. The van der Waals surface area contributed by atoms with E-state index in [9.17, 15) is 19.3 Å². The van der Waals surface area contributed by atoms with E-state index in [-0.39, 0.29) is 12.3 Å². The van der Waals surface area contributed by atoms with Gasteiger partial charge < -0.3 is 19.8 Å². The number of nitrogens with zero attached hydrogens (tertiary/aromatic N) is 3. The fraction of sp³-hybridized carbons (Fsp3) is 0.200. The van der Waals surface area contributed by atoms with Crippen molar-refractivity contribution in [3.8, 4) is 5.75 Å². The van der Waals surface area contributed by atoms with Crippen molar-refractivity contribution in [3.05, 3.63) is 64.1 Å². The van der Waals surface area contributed by atoms with E-state index in [1.54, 1.807) is 18.2 Å². The van der Waals surface area contributed by atoms with E-state index < -0.39 is 29.1 Å². The molecule has 0 atom stereocenters. The molecule has 0 aliphatic carbocycles. The Morgan fingerprint density at radius 3 is 2.78 bits per heavy atom. The van der Waals surface area contributed by atoms with E-state index >= 15 is 0 Å². The number of amides is 1. The van der Waals surface area contributed by atoms with Gasteiger partial charge in [0.2, 0.25) is 5.75 Å². The molecule has 8 heteroatoms. The standard InChI is InChI=1S/C15H14FN3O4/c1-18(9-11-5-2-3-6-12(11)16)14(20)10-23-13-7-4-8-17-15(13)19(21)22/h2-8H,9-10H2,1H3. The second-order valence-corrected chi connectivity index (χ2v) is 4.71. The van der Waals surface area contributed by atoms with Crippen molar-refractivity contribution in [3.63, 3.8) is 0 Å². The van der Waals surface area contributed by atoms with Crippen molar-refractivity contribution in [2.45, 2.75) is 6.54 Å². The second kappa shape index (κ2) is 7.30. The van der Waals surface area contributed by atoms with Crippen LogP contribution < -0.4 is 4.74 Å². The van der Waals surface area contributed by atoms with Gasteiger partial charge in [-0.2, -0.15) is 0 Å². The Morgan fingerprint density at radius 2 is 2.09 bits per heavy atom. The summed E-state index contributed by atoms with van der Waals surface area (Å²) in [5, 5.41) is 10.8. The molecule has 0 unspecified atom stereocenters. The van der Waals surface area contributed by atoms with E-state index in [1.807, 2.05) is 0 Å². The number of nitro groups is 1. The van der Waals surface area contributed by atoms with Crippen LogP contribution in [0.3, 0.4) is 0 Å². The molecule has 2 aromatic rings. The molecule has 2 rings (SSSR count). The van der Waals surface area contributed by atoms with Crippen molar-refractivity contribution in [2.75, 3.05) is 13.7 Å². The summed E-state index contributed by atoms with van der Waals surface area (Å²) in [5.74, 6) is -1.40. The largest absolute Gasteiger partial charge is 0.476 e. The number of benzene rings is 1. The predicted octanol–water partition coefficient (Wildman–Crippen LogP) is 2.17. The Balaban J connectivity index is 1.97. The minimum atomic E-state index is -0.692. The van der Waals surface area contributed by atoms with Gasteiger partial charge in [-0.15, -0.1) is 0 Å². The average molecular weight is 319 g/mol. The van der Waals surface area contributed by atoms with E-state index in [2.05, 4.69) is 4.98 Å². The Labute approximate surface area is 131 Å². The van der Waals surface area contributed by atoms with Crippen LogP contribution in [0.2, 0.25) is 0 Å². The van der Waals surface area contributed by atoms with Gasteiger partial charge in [-0.25, -0.2) is 4.39 Å². The summed E-state index contributed by atoms with van der Waals surface area (Å²) in [6.07, 6.45) is 1.26. The van der Waals surface area contributed by atoms with Gasteiger partial charge in [0.05, 0.1) is 0 Å². The van der Waals surface area contributed by atoms with Gasteiger partial charge in [-0.05, 0) is 28.1 Å². The SMILES string of the molecule is CN(Cc1ccccc1F)C(=O)COc1cccnc1[N+](=O)[O-]. The average Bonchev–Trinajstić information content (AvgIpc) is 2.54. The van der Waals surface area contributed by atoms with Crippen LogP contribution in [0.5, 0.6) is 5.75 Å². The van der Waals surface area contributed by atoms with E-state index in [4.69, 9.17) is 4.74 Å². The van der Waals surface area contributed by atoms with Gasteiger partial charge in [0, 0.05) is 19.2 Å². The van der Waals surface area contributed by atoms with Crippen LogP contribution >= 0.6 is 0 Å². The lowest BCUT2D eigenvalue weighted by Gasteiger charge is -2.17. The van der Waals surface area contributed by atoms with Crippen LogP contribution in [0, 0.1) is 15.9 Å². The maximum atomic E-state index is 13.6. The highest BCUT2D eigenvalue weighted by molar-refractivity contribution is 5.77. The summed E-state index contributed by atoms with van der Waals surface area (Å²) in [5.41, 5.74) is 0.371. The molecule has 0 spiro atoms. The fourth-order valence-electron chi connectivity index (χ4n) is 1.85. The molecule has 0 aliphatic heterocycles. The Kier molecular flexibility index (Phi) is 5.19. The molecule has 1 heterocycles. The number of hydrogen-bond donors (Lipinski definition) is 0. The zero-order valence-corrected chi connectivity index (χ0v) is 12.3. The fourth-order valence-corrected chi connectivity index (χ4v) is 1.85. The van der Waals surface area contributed by atoms with Crippen LogP contribution in [-0.4, -0.2) is 34.4 Å². The van der Waals surface area contributed by atoms with Crippen LogP contribution in [-0.2, 0) is 11.3 Å². The number of ether oxygens (including phenoxy) is 1. The smallest absolute Gasteiger partial charge is 0.406 e. The number of aromatic nitrogens is 1. The van der Waals surface area contributed by atoms with Gasteiger partial charge in [0.15, 0.2) is 6.61 Å². The van der Waals surface area contributed by atoms with Crippen molar-refractivity contribution in [1.29, 1.82) is 0 Å². The maximum absolute atomic E-state index is 13.6. The number of hydrogen-bond acceptors (Lipinski definition) is 5. The summed E-state index contributed by atoms with van der Waals surface area (Å²) < 4.78 is 18.7. The summed E-state index contributed by atoms with van der Waals surface area (Å²) in [6.45, 7) is -0.332. The monoisotopic (exact) mass is 319 g/mol. The topological polar surface area (TPSA) is 85.6 Å². The Morgan fingerprint density at radius 1 is 1.35 bits per heavy atom. The van der Waals surface area contributed by atoms with Gasteiger partial charge >= 0.3 is 5.82 Å². The van der Waals surface area contributed by atoms with Crippen molar-refractivity contribution in [1.82, 2.24) is 9.88 Å². The number of carbonyl (C=O) groups is 1. The molecule has 0 saturated heterocycles. The van der Waals surface area contributed by atoms with Gasteiger partial charge in [0.1, 0.15) is 12.0 Å². The van der Waals surface area contributed by atoms with Crippen LogP contribution in [0.15, 0.2) is 42.6 Å². The molecule has 0 bridgehead atoms. The number of carbonyl (C=O) groups excluding carboxylic acids is 1. The van der Waals surface area contributed by atoms with E-state index in [1.165, 1.54) is 36.3 Å². The Bertz CT molecular complexity index is 723. The molecule has 0 fully saturated rings. The molecule has 0 aliphatic rings. The van der Waals surface area contributed by atoms with Crippen molar-refractivity contribution >= 4 is 11.7 Å². The summed E-state index contributed by atoms with van der Waals surface area (Å²) in [6, 6.07) is 8.94.